The fourth-order valence-corrected chi connectivity index (χ4v) is 2.56. The second-order valence-corrected chi connectivity index (χ2v) is 6.16. The number of methoxy groups -OCH3 is 1. The minimum atomic E-state index is -0.0227. The van der Waals surface area contributed by atoms with Crippen molar-refractivity contribution in [2.75, 3.05) is 14.2 Å². The van der Waals surface area contributed by atoms with Gasteiger partial charge in [-0.05, 0) is 30.7 Å². The van der Waals surface area contributed by atoms with Crippen LogP contribution in [0, 0.1) is 6.92 Å². The molecule has 26 heavy (non-hydrogen) atoms. The van der Waals surface area contributed by atoms with Crippen LogP contribution in [0.2, 0.25) is 0 Å². The van der Waals surface area contributed by atoms with Crippen LogP contribution in [-0.4, -0.2) is 35.1 Å². The molecule has 0 saturated carbocycles. The number of aromatic nitrogens is 2. The number of benzene rings is 2. The van der Waals surface area contributed by atoms with E-state index >= 15 is 0 Å². The van der Waals surface area contributed by atoms with Crippen molar-refractivity contribution in [1.82, 2.24) is 15.0 Å². The summed E-state index contributed by atoms with van der Waals surface area (Å²) in [5.74, 6) is 1.68. The standard InChI is InChI=1S/C20H21N3O3/c1-14-5-4-6-16(11-14)20-21-18(26-22-20)13-23(2)19(24)12-15-7-9-17(25-3)10-8-15/h4-11H,12-13H2,1-3H3. The molecule has 3 rings (SSSR count). The number of hydrogen-bond acceptors (Lipinski definition) is 5. The third-order valence-electron chi connectivity index (χ3n) is 4.06. The Morgan fingerprint density at radius 2 is 1.96 bits per heavy atom. The minimum absolute atomic E-state index is 0.0227. The first kappa shape index (κ1) is 17.7. The zero-order valence-electron chi connectivity index (χ0n) is 15.1. The number of likely N-dealkylation sites (N-methyl/N-ethyl adjacent to an activating group) is 1. The van der Waals surface area contributed by atoms with Crippen LogP contribution in [-0.2, 0) is 17.8 Å². The van der Waals surface area contributed by atoms with Gasteiger partial charge >= 0.3 is 0 Å². The summed E-state index contributed by atoms with van der Waals surface area (Å²) in [4.78, 5) is 18.4. The molecule has 2 aromatic carbocycles. The fourth-order valence-electron chi connectivity index (χ4n) is 2.56. The highest BCUT2D eigenvalue weighted by atomic mass is 16.5. The fraction of sp³-hybridized carbons (Fsp3) is 0.250. The summed E-state index contributed by atoms with van der Waals surface area (Å²) in [6.45, 7) is 2.28. The number of aryl methyl sites for hydroxylation is 1. The Labute approximate surface area is 152 Å². The van der Waals surface area contributed by atoms with E-state index in [4.69, 9.17) is 9.26 Å². The Kier molecular flexibility index (Phi) is 5.31. The number of ether oxygens (including phenoxy) is 1. The van der Waals surface area contributed by atoms with E-state index in [9.17, 15) is 4.79 Å². The Balaban J connectivity index is 1.62. The summed E-state index contributed by atoms with van der Waals surface area (Å²) < 4.78 is 10.4. The maximum atomic E-state index is 12.4. The molecule has 0 aliphatic heterocycles. The summed E-state index contributed by atoms with van der Waals surface area (Å²) in [5.41, 5.74) is 2.95. The second-order valence-electron chi connectivity index (χ2n) is 6.16. The maximum absolute atomic E-state index is 12.4. The molecule has 1 aromatic heterocycles. The monoisotopic (exact) mass is 351 g/mol. The Bertz CT molecular complexity index is 887. The SMILES string of the molecule is COc1ccc(CC(=O)N(C)Cc2nc(-c3cccc(C)c3)no2)cc1. The molecule has 0 aliphatic rings. The van der Waals surface area contributed by atoms with Crippen molar-refractivity contribution in [2.45, 2.75) is 19.9 Å². The van der Waals surface area contributed by atoms with Crippen molar-refractivity contribution >= 4 is 5.91 Å². The molecule has 6 heteroatoms. The Hall–Kier alpha value is -3.15. The van der Waals surface area contributed by atoms with E-state index in [1.54, 1.807) is 19.1 Å². The first-order chi connectivity index (χ1) is 12.5. The molecule has 0 fully saturated rings. The second kappa shape index (κ2) is 7.82. The van der Waals surface area contributed by atoms with Crippen LogP contribution in [0.25, 0.3) is 11.4 Å². The van der Waals surface area contributed by atoms with Crippen LogP contribution in [0.4, 0.5) is 0 Å². The van der Waals surface area contributed by atoms with E-state index in [1.165, 1.54) is 0 Å². The molecule has 1 amide bonds. The van der Waals surface area contributed by atoms with Crippen molar-refractivity contribution in [1.29, 1.82) is 0 Å². The van der Waals surface area contributed by atoms with E-state index in [0.717, 1.165) is 22.4 Å². The Morgan fingerprint density at radius 1 is 1.19 bits per heavy atom. The lowest BCUT2D eigenvalue weighted by Crippen LogP contribution is -2.27. The summed E-state index contributed by atoms with van der Waals surface area (Å²) in [7, 11) is 3.34. The summed E-state index contributed by atoms with van der Waals surface area (Å²) >= 11 is 0. The van der Waals surface area contributed by atoms with Gasteiger partial charge in [-0.15, -0.1) is 0 Å². The topological polar surface area (TPSA) is 68.5 Å². The van der Waals surface area contributed by atoms with E-state index in [0.29, 0.717) is 18.1 Å². The van der Waals surface area contributed by atoms with Gasteiger partial charge < -0.3 is 14.2 Å². The zero-order valence-corrected chi connectivity index (χ0v) is 15.1. The molecule has 6 nitrogen and oxygen atoms in total. The molecular formula is C20H21N3O3. The molecule has 134 valence electrons. The van der Waals surface area contributed by atoms with Gasteiger partial charge in [0, 0.05) is 12.6 Å². The summed E-state index contributed by atoms with van der Waals surface area (Å²) in [6, 6.07) is 15.3. The molecule has 0 atom stereocenters. The Morgan fingerprint density at radius 3 is 2.65 bits per heavy atom. The van der Waals surface area contributed by atoms with Crippen LogP contribution in [0.1, 0.15) is 17.0 Å². The third kappa shape index (κ3) is 4.27. The highest BCUT2D eigenvalue weighted by molar-refractivity contribution is 5.78. The molecule has 3 aromatic rings. The van der Waals surface area contributed by atoms with E-state index in [1.807, 2.05) is 55.5 Å². The number of amides is 1. The predicted molar refractivity (Wildman–Crippen MR) is 97.6 cm³/mol. The van der Waals surface area contributed by atoms with Crippen LogP contribution >= 0.6 is 0 Å². The van der Waals surface area contributed by atoms with E-state index in [2.05, 4.69) is 10.1 Å². The highest BCUT2D eigenvalue weighted by Gasteiger charge is 2.15. The van der Waals surface area contributed by atoms with Gasteiger partial charge in [0.15, 0.2) is 0 Å². The van der Waals surface area contributed by atoms with Crippen molar-refractivity contribution in [3.05, 3.63) is 65.5 Å². The number of nitrogens with zero attached hydrogens (tertiary/aromatic N) is 3. The predicted octanol–water partition coefficient (Wildman–Crippen LogP) is 3.25. The number of carbonyl (C=O) groups excluding carboxylic acids is 1. The molecular weight excluding hydrogens is 330 g/mol. The van der Waals surface area contributed by atoms with Crippen LogP contribution < -0.4 is 4.74 Å². The first-order valence-corrected chi connectivity index (χ1v) is 8.31. The van der Waals surface area contributed by atoms with Gasteiger partial charge in [0.05, 0.1) is 20.1 Å². The highest BCUT2D eigenvalue weighted by Crippen LogP contribution is 2.18. The van der Waals surface area contributed by atoms with Gasteiger partial charge in [0.2, 0.25) is 17.6 Å². The van der Waals surface area contributed by atoms with Gasteiger partial charge in [-0.25, -0.2) is 0 Å². The average molecular weight is 351 g/mol. The summed E-state index contributed by atoms with van der Waals surface area (Å²) in [5, 5.41) is 4.01. The van der Waals surface area contributed by atoms with Crippen LogP contribution in [0.15, 0.2) is 53.1 Å². The van der Waals surface area contributed by atoms with Crippen molar-refractivity contribution in [3.63, 3.8) is 0 Å². The lowest BCUT2D eigenvalue weighted by atomic mass is 10.1. The number of carbonyl (C=O) groups is 1. The van der Waals surface area contributed by atoms with Gasteiger partial charge in [-0.2, -0.15) is 4.98 Å². The van der Waals surface area contributed by atoms with Crippen molar-refractivity contribution in [2.24, 2.45) is 0 Å². The third-order valence-corrected chi connectivity index (χ3v) is 4.06. The van der Waals surface area contributed by atoms with Crippen LogP contribution in [0.3, 0.4) is 0 Å². The molecule has 0 unspecified atom stereocenters. The van der Waals surface area contributed by atoms with Crippen LogP contribution in [0.5, 0.6) is 5.75 Å². The summed E-state index contributed by atoms with van der Waals surface area (Å²) in [6.07, 6.45) is 0.305. The van der Waals surface area contributed by atoms with E-state index < -0.39 is 0 Å². The molecule has 0 saturated heterocycles. The maximum Gasteiger partial charge on any atom is 0.246 e. The van der Waals surface area contributed by atoms with E-state index in [-0.39, 0.29) is 12.5 Å². The smallest absolute Gasteiger partial charge is 0.246 e. The average Bonchev–Trinajstić information content (AvgIpc) is 3.11. The normalized spacial score (nSPS) is 10.6. The molecule has 0 radical (unpaired) electrons. The number of rotatable bonds is 6. The molecule has 1 heterocycles. The minimum Gasteiger partial charge on any atom is -0.497 e. The molecule has 0 aliphatic carbocycles. The lowest BCUT2D eigenvalue weighted by Gasteiger charge is -2.14. The van der Waals surface area contributed by atoms with Gasteiger partial charge in [0.1, 0.15) is 5.75 Å². The molecule has 0 spiro atoms. The lowest BCUT2D eigenvalue weighted by molar-refractivity contribution is -0.130. The van der Waals surface area contributed by atoms with Gasteiger partial charge in [-0.1, -0.05) is 41.1 Å². The number of hydrogen-bond donors (Lipinski definition) is 0. The van der Waals surface area contributed by atoms with Crippen molar-refractivity contribution in [3.8, 4) is 17.1 Å². The van der Waals surface area contributed by atoms with Gasteiger partial charge in [0.25, 0.3) is 0 Å². The quantitative estimate of drug-likeness (QED) is 0.682. The van der Waals surface area contributed by atoms with Gasteiger partial charge in [-0.3, -0.25) is 4.79 Å². The molecule has 0 bridgehead atoms. The largest absolute Gasteiger partial charge is 0.497 e. The van der Waals surface area contributed by atoms with Crippen molar-refractivity contribution < 1.29 is 14.1 Å². The molecule has 0 N–H and O–H groups in total. The first-order valence-electron chi connectivity index (χ1n) is 8.31. The zero-order chi connectivity index (χ0) is 18.5.